The zero-order valence-corrected chi connectivity index (χ0v) is 13.6. The first-order valence-corrected chi connectivity index (χ1v) is 7.61. The first-order valence-electron chi connectivity index (χ1n) is 7.61. The van der Waals surface area contributed by atoms with E-state index in [1.54, 1.807) is 6.33 Å². The Hall–Kier alpha value is -1.45. The third kappa shape index (κ3) is 2.56. The number of hydrogen-bond acceptors (Lipinski definition) is 3. The molecule has 0 radical (unpaired) electrons. The van der Waals surface area contributed by atoms with Crippen molar-refractivity contribution in [3.8, 4) is 0 Å². The van der Waals surface area contributed by atoms with E-state index in [0.717, 1.165) is 36.4 Å². The molecule has 0 N–H and O–H groups in total. The van der Waals surface area contributed by atoms with Crippen molar-refractivity contribution >= 4 is 11.0 Å². The fourth-order valence-electron chi connectivity index (χ4n) is 2.51. The van der Waals surface area contributed by atoms with Crippen molar-refractivity contribution in [2.45, 2.75) is 66.3 Å². The van der Waals surface area contributed by atoms with Crippen molar-refractivity contribution in [3.05, 3.63) is 17.7 Å². The van der Waals surface area contributed by atoms with Crippen molar-refractivity contribution in [2.75, 3.05) is 0 Å². The van der Waals surface area contributed by atoms with E-state index < -0.39 is 0 Å². The van der Waals surface area contributed by atoms with Gasteiger partial charge < -0.3 is 0 Å². The van der Waals surface area contributed by atoms with Crippen LogP contribution in [0, 0.1) is 5.92 Å². The SMILES string of the molecule is CCn1nc(CC(C)C)c2c(C(C)(C)CC)ncnc21. The second kappa shape index (κ2) is 5.51. The summed E-state index contributed by atoms with van der Waals surface area (Å²) in [5, 5.41) is 5.95. The quantitative estimate of drug-likeness (QED) is 0.834. The van der Waals surface area contributed by atoms with Gasteiger partial charge in [-0.3, -0.25) is 0 Å². The van der Waals surface area contributed by atoms with Crippen molar-refractivity contribution < 1.29 is 0 Å². The highest BCUT2D eigenvalue weighted by atomic mass is 15.3. The minimum Gasteiger partial charge on any atom is -0.247 e. The molecule has 2 aromatic heterocycles. The molecule has 0 unspecified atom stereocenters. The van der Waals surface area contributed by atoms with Gasteiger partial charge in [0.1, 0.15) is 6.33 Å². The van der Waals surface area contributed by atoms with Gasteiger partial charge in [-0.15, -0.1) is 0 Å². The molecule has 0 bridgehead atoms. The Morgan fingerprint density at radius 3 is 2.45 bits per heavy atom. The monoisotopic (exact) mass is 274 g/mol. The molecule has 0 amide bonds. The Labute approximate surface area is 121 Å². The zero-order valence-electron chi connectivity index (χ0n) is 13.6. The Morgan fingerprint density at radius 1 is 1.20 bits per heavy atom. The summed E-state index contributed by atoms with van der Waals surface area (Å²) in [7, 11) is 0. The molecule has 4 nitrogen and oxygen atoms in total. The highest BCUT2D eigenvalue weighted by molar-refractivity contribution is 5.82. The summed E-state index contributed by atoms with van der Waals surface area (Å²) < 4.78 is 2.00. The van der Waals surface area contributed by atoms with Gasteiger partial charge in [0.2, 0.25) is 0 Å². The van der Waals surface area contributed by atoms with Crippen molar-refractivity contribution in [3.63, 3.8) is 0 Å². The molecule has 2 heterocycles. The molecule has 0 fully saturated rings. The molecular formula is C16H26N4. The van der Waals surface area contributed by atoms with E-state index in [-0.39, 0.29) is 5.41 Å². The Kier molecular flexibility index (Phi) is 4.11. The van der Waals surface area contributed by atoms with E-state index in [1.165, 1.54) is 5.39 Å². The minimum atomic E-state index is 0.0501. The number of rotatable bonds is 5. The molecule has 20 heavy (non-hydrogen) atoms. The van der Waals surface area contributed by atoms with E-state index in [2.05, 4.69) is 51.5 Å². The summed E-state index contributed by atoms with van der Waals surface area (Å²) in [6.07, 6.45) is 3.71. The summed E-state index contributed by atoms with van der Waals surface area (Å²) in [4.78, 5) is 9.08. The lowest BCUT2D eigenvalue weighted by molar-refractivity contribution is 0.494. The van der Waals surface area contributed by atoms with Gasteiger partial charge in [0.05, 0.1) is 16.8 Å². The molecular weight excluding hydrogens is 248 g/mol. The van der Waals surface area contributed by atoms with Gasteiger partial charge >= 0.3 is 0 Å². The fourth-order valence-corrected chi connectivity index (χ4v) is 2.51. The number of aryl methyl sites for hydroxylation is 1. The molecule has 0 saturated carbocycles. The average Bonchev–Trinajstić information content (AvgIpc) is 2.76. The first-order chi connectivity index (χ1) is 9.40. The van der Waals surface area contributed by atoms with E-state index in [9.17, 15) is 0 Å². The third-order valence-electron chi connectivity index (χ3n) is 4.03. The molecule has 2 aromatic rings. The summed E-state index contributed by atoms with van der Waals surface area (Å²) in [6.45, 7) is 14.1. The first kappa shape index (κ1) is 14.9. The maximum absolute atomic E-state index is 4.77. The maximum atomic E-state index is 4.77. The topological polar surface area (TPSA) is 43.6 Å². The van der Waals surface area contributed by atoms with Gasteiger partial charge in [-0.05, 0) is 25.7 Å². The maximum Gasteiger partial charge on any atom is 0.161 e. The highest BCUT2D eigenvalue weighted by Gasteiger charge is 2.26. The fraction of sp³-hybridized carbons (Fsp3) is 0.688. The molecule has 0 atom stereocenters. The lowest BCUT2D eigenvalue weighted by atomic mass is 9.84. The Bertz CT molecular complexity index is 596. The van der Waals surface area contributed by atoms with E-state index in [0.29, 0.717) is 5.92 Å². The van der Waals surface area contributed by atoms with Crippen LogP contribution in [0.2, 0.25) is 0 Å². The standard InChI is InChI=1S/C16H26N4/c1-7-16(5,6)14-13-12(9-11(3)4)19-20(8-2)15(13)18-10-17-14/h10-11H,7-9H2,1-6H3. The average molecular weight is 274 g/mol. The predicted molar refractivity (Wildman–Crippen MR) is 82.9 cm³/mol. The largest absolute Gasteiger partial charge is 0.247 e. The predicted octanol–water partition coefficient (Wildman–Crippen LogP) is 3.73. The van der Waals surface area contributed by atoms with Crippen LogP contribution in [0.5, 0.6) is 0 Å². The van der Waals surface area contributed by atoms with Crippen molar-refractivity contribution in [1.29, 1.82) is 0 Å². The van der Waals surface area contributed by atoms with Crippen molar-refractivity contribution in [1.82, 2.24) is 19.7 Å². The van der Waals surface area contributed by atoms with Crippen molar-refractivity contribution in [2.24, 2.45) is 5.92 Å². The van der Waals surface area contributed by atoms with Gasteiger partial charge in [0, 0.05) is 12.0 Å². The van der Waals surface area contributed by atoms with E-state index >= 15 is 0 Å². The minimum absolute atomic E-state index is 0.0501. The van der Waals surface area contributed by atoms with E-state index in [4.69, 9.17) is 5.10 Å². The van der Waals surface area contributed by atoms with Crippen LogP contribution in [0.3, 0.4) is 0 Å². The summed E-state index contributed by atoms with van der Waals surface area (Å²) >= 11 is 0. The molecule has 0 spiro atoms. The van der Waals surface area contributed by atoms with Gasteiger partial charge in [-0.2, -0.15) is 5.10 Å². The van der Waals surface area contributed by atoms with Crippen LogP contribution in [0.25, 0.3) is 11.0 Å². The van der Waals surface area contributed by atoms with Gasteiger partial charge in [0.15, 0.2) is 5.65 Å². The number of nitrogens with zero attached hydrogens (tertiary/aromatic N) is 4. The van der Waals surface area contributed by atoms with Crippen LogP contribution in [0.15, 0.2) is 6.33 Å². The second-order valence-corrected chi connectivity index (χ2v) is 6.52. The zero-order chi connectivity index (χ0) is 14.9. The molecule has 110 valence electrons. The summed E-state index contributed by atoms with van der Waals surface area (Å²) in [5.74, 6) is 0.580. The highest BCUT2D eigenvalue weighted by Crippen LogP contribution is 2.32. The van der Waals surface area contributed by atoms with Crippen LogP contribution >= 0.6 is 0 Å². The number of aromatic nitrogens is 4. The number of hydrogen-bond donors (Lipinski definition) is 0. The van der Waals surface area contributed by atoms with Crippen LogP contribution in [-0.2, 0) is 18.4 Å². The molecule has 0 aromatic carbocycles. The molecule has 4 heteroatoms. The van der Waals surface area contributed by atoms with Gasteiger partial charge in [-0.1, -0.05) is 34.6 Å². The molecule has 0 aliphatic rings. The van der Waals surface area contributed by atoms with Crippen LogP contribution < -0.4 is 0 Å². The lowest BCUT2D eigenvalue weighted by Crippen LogP contribution is -2.18. The van der Waals surface area contributed by atoms with Gasteiger partial charge in [0.25, 0.3) is 0 Å². The van der Waals surface area contributed by atoms with Crippen LogP contribution in [0.4, 0.5) is 0 Å². The Morgan fingerprint density at radius 2 is 1.90 bits per heavy atom. The van der Waals surface area contributed by atoms with E-state index in [1.807, 2.05) is 4.68 Å². The smallest absolute Gasteiger partial charge is 0.161 e. The lowest BCUT2D eigenvalue weighted by Gasteiger charge is -2.22. The normalized spacial score (nSPS) is 12.6. The third-order valence-corrected chi connectivity index (χ3v) is 4.03. The number of fused-ring (bicyclic) bond motifs is 1. The molecule has 0 aliphatic carbocycles. The molecule has 0 aliphatic heterocycles. The van der Waals surface area contributed by atoms with Crippen LogP contribution in [0.1, 0.15) is 59.4 Å². The van der Waals surface area contributed by atoms with Gasteiger partial charge in [-0.25, -0.2) is 14.6 Å². The summed E-state index contributed by atoms with van der Waals surface area (Å²) in [5.41, 5.74) is 3.32. The second-order valence-electron chi connectivity index (χ2n) is 6.52. The van der Waals surface area contributed by atoms with Crippen LogP contribution in [-0.4, -0.2) is 19.7 Å². The Balaban J connectivity index is 2.73. The molecule has 2 rings (SSSR count). The summed E-state index contributed by atoms with van der Waals surface area (Å²) in [6, 6.07) is 0. The molecule has 0 saturated heterocycles.